The molecule has 0 bridgehead atoms. The Labute approximate surface area is 105 Å². The van der Waals surface area contributed by atoms with Crippen LogP contribution in [0, 0.1) is 5.92 Å². The maximum Gasteiger partial charge on any atom is 0.372 e. The van der Waals surface area contributed by atoms with E-state index in [4.69, 9.17) is 14.3 Å². The molecule has 18 heavy (non-hydrogen) atoms. The monoisotopic (exact) mass is 251 g/mol. The second-order valence-corrected chi connectivity index (χ2v) is 5.03. The molecular weight excluding hydrogens is 234 g/mol. The highest BCUT2D eigenvalue weighted by Gasteiger charge is 2.40. The highest BCUT2D eigenvalue weighted by molar-refractivity contribution is 5.86. The fourth-order valence-electron chi connectivity index (χ4n) is 2.62. The van der Waals surface area contributed by atoms with Crippen molar-refractivity contribution in [3.8, 4) is 0 Å². The predicted molar refractivity (Wildman–Crippen MR) is 63.4 cm³/mol. The molecule has 2 aliphatic rings. The van der Waals surface area contributed by atoms with Crippen LogP contribution >= 0.6 is 0 Å². The van der Waals surface area contributed by atoms with E-state index < -0.39 is 5.97 Å². The molecule has 1 saturated heterocycles. The Morgan fingerprint density at radius 1 is 1.44 bits per heavy atom. The summed E-state index contributed by atoms with van der Waals surface area (Å²) in [5.41, 5.74) is 0.698. The van der Waals surface area contributed by atoms with Crippen LogP contribution in [0.2, 0.25) is 0 Å². The zero-order valence-electron chi connectivity index (χ0n) is 10.1. The smallest absolute Gasteiger partial charge is 0.372 e. The number of furan rings is 1. The normalized spacial score (nSPS) is 27.6. The number of rotatable bonds is 5. The van der Waals surface area contributed by atoms with Crippen molar-refractivity contribution < 1.29 is 19.1 Å². The maximum absolute atomic E-state index is 10.9. The van der Waals surface area contributed by atoms with Gasteiger partial charge in [0.1, 0.15) is 0 Å². The molecule has 5 nitrogen and oxygen atoms in total. The third kappa shape index (κ3) is 2.28. The van der Waals surface area contributed by atoms with Crippen molar-refractivity contribution in [1.82, 2.24) is 5.32 Å². The minimum Gasteiger partial charge on any atom is -0.475 e. The van der Waals surface area contributed by atoms with Crippen LogP contribution in [0.4, 0.5) is 0 Å². The molecule has 2 N–H and O–H groups in total. The van der Waals surface area contributed by atoms with E-state index in [2.05, 4.69) is 5.32 Å². The highest BCUT2D eigenvalue weighted by atomic mass is 16.5. The Balaban J connectivity index is 1.60. The van der Waals surface area contributed by atoms with Gasteiger partial charge in [0.15, 0.2) is 0 Å². The molecule has 2 unspecified atom stereocenters. The molecule has 2 fully saturated rings. The number of carboxylic acids is 1. The molecule has 0 aromatic carbocycles. The fourth-order valence-corrected chi connectivity index (χ4v) is 2.62. The Morgan fingerprint density at radius 3 is 3.00 bits per heavy atom. The summed E-state index contributed by atoms with van der Waals surface area (Å²) in [5.74, 6) is -0.282. The second kappa shape index (κ2) is 4.74. The molecular formula is C13H17NO4. The molecule has 0 spiro atoms. The summed E-state index contributed by atoms with van der Waals surface area (Å²) in [7, 11) is 0. The van der Waals surface area contributed by atoms with Gasteiger partial charge in [-0.25, -0.2) is 4.79 Å². The summed E-state index contributed by atoms with van der Waals surface area (Å²) in [5, 5.41) is 12.4. The van der Waals surface area contributed by atoms with Gasteiger partial charge in [-0.1, -0.05) is 0 Å². The molecule has 0 amide bonds. The van der Waals surface area contributed by atoms with Crippen molar-refractivity contribution in [1.29, 1.82) is 0 Å². The van der Waals surface area contributed by atoms with Gasteiger partial charge in [0, 0.05) is 24.8 Å². The Bertz CT molecular complexity index is 438. The number of ether oxygens (including phenoxy) is 1. The van der Waals surface area contributed by atoms with Gasteiger partial charge in [0.05, 0.1) is 12.4 Å². The molecule has 3 rings (SSSR count). The van der Waals surface area contributed by atoms with Gasteiger partial charge in [-0.15, -0.1) is 0 Å². The second-order valence-electron chi connectivity index (χ2n) is 5.03. The van der Waals surface area contributed by atoms with E-state index in [-0.39, 0.29) is 5.76 Å². The SMILES string of the molecule is O=C(O)c1occc1CNC1CCOC1C1CC1. The van der Waals surface area contributed by atoms with Crippen LogP contribution in [-0.4, -0.2) is 29.8 Å². The summed E-state index contributed by atoms with van der Waals surface area (Å²) in [4.78, 5) is 10.9. The highest BCUT2D eigenvalue weighted by Crippen LogP contribution is 2.38. The van der Waals surface area contributed by atoms with Crippen LogP contribution in [-0.2, 0) is 11.3 Å². The van der Waals surface area contributed by atoms with E-state index in [1.54, 1.807) is 6.07 Å². The number of aromatic carboxylic acids is 1. The first-order valence-electron chi connectivity index (χ1n) is 6.40. The van der Waals surface area contributed by atoms with Gasteiger partial charge in [-0.2, -0.15) is 0 Å². The van der Waals surface area contributed by atoms with Crippen LogP contribution in [0.3, 0.4) is 0 Å². The average Bonchev–Trinajstić information content (AvgIpc) is 2.92. The molecule has 1 aliphatic heterocycles. The van der Waals surface area contributed by atoms with Crippen molar-refractivity contribution >= 4 is 5.97 Å². The van der Waals surface area contributed by atoms with Gasteiger partial charge >= 0.3 is 5.97 Å². The lowest BCUT2D eigenvalue weighted by atomic mass is 10.1. The van der Waals surface area contributed by atoms with Crippen LogP contribution < -0.4 is 5.32 Å². The van der Waals surface area contributed by atoms with Crippen molar-refractivity contribution in [3.63, 3.8) is 0 Å². The van der Waals surface area contributed by atoms with E-state index in [1.807, 2.05) is 0 Å². The molecule has 1 aliphatic carbocycles. The summed E-state index contributed by atoms with van der Waals surface area (Å²) >= 11 is 0. The summed E-state index contributed by atoms with van der Waals surface area (Å²) in [6, 6.07) is 2.05. The molecule has 1 saturated carbocycles. The minimum absolute atomic E-state index is 0.0318. The Kier molecular flexibility index (Phi) is 3.09. The van der Waals surface area contributed by atoms with Gasteiger partial charge in [-0.3, -0.25) is 0 Å². The summed E-state index contributed by atoms with van der Waals surface area (Å²) in [6.07, 6.45) is 5.25. The van der Waals surface area contributed by atoms with Crippen molar-refractivity contribution in [2.75, 3.05) is 6.61 Å². The molecule has 98 valence electrons. The van der Waals surface area contributed by atoms with Crippen LogP contribution in [0.5, 0.6) is 0 Å². The van der Waals surface area contributed by atoms with Crippen molar-refractivity contribution in [2.24, 2.45) is 5.92 Å². The maximum atomic E-state index is 10.9. The zero-order valence-corrected chi connectivity index (χ0v) is 10.1. The standard InChI is InChI=1S/C13H17NO4/c15-13(16)12-9(3-5-18-12)7-14-10-4-6-17-11(10)8-1-2-8/h3,5,8,10-11,14H,1-2,4,6-7H2,(H,15,16). The van der Waals surface area contributed by atoms with E-state index >= 15 is 0 Å². The first-order chi connectivity index (χ1) is 8.75. The molecule has 2 atom stereocenters. The van der Waals surface area contributed by atoms with Crippen molar-refractivity contribution in [2.45, 2.75) is 38.0 Å². The zero-order chi connectivity index (χ0) is 12.5. The quantitative estimate of drug-likeness (QED) is 0.832. The number of hydrogen-bond acceptors (Lipinski definition) is 4. The first kappa shape index (κ1) is 11.7. The molecule has 5 heteroatoms. The van der Waals surface area contributed by atoms with E-state index in [0.29, 0.717) is 30.2 Å². The molecule has 0 radical (unpaired) electrons. The molecule has 1 aromatic heterocycles. The Hall–Kier alpha value is -1.33. The van der Waals surface area contributed by atoms with Crippen molar-refractivity contribution in [3.05, 3.63) is 23.7 Å². The molecule has 1 aromatic rings. The first-order valence-corrected chi connectivity index (χ1v) is 6.40. The fraction of sp³-hybridized carbons (Fsp3) is 0.615. The number of carbonyl (C=O) groups is 1. The summed E-state index contributed by atoms with van der Waals surface area (Å²) in [6.45, 7) is 1.32. The molecule has 2 heterocycles. The third-order valence-electron chi connectivity index (χ3n) is 3.72. The number of hydrogen-bond donors (Lipinski definition) is 2. The third-order valence-corrected chi connectivity index (χ3v) is 3.72. The van der Waals surface area contributed by atoms with Crippen LogP contribution in [0.15, 0.2) is 16.7 Å². The number of nitrogens with one attached hydrogen (secondary N) is 1. The van der Waals surface area contributed by atoms with E-state index in [0.717, 1.165) is 13.0 Å². The van der Waals surface area contributed by atoms with Gasteiger partial charge in [-0.05, 0) is 31.2 Å². The number of carboxylic acid groups (broad SMARTS) is 1. The predicted octanol–water partition coefficient (Wildman–Crippen LogP) is 1.63. The van der Waals surface area contributed by atoms with Crippen LogP contribution in [0.1, 0.15) is 35.4 Å². The lowest BCUT2D eigenvalue weighted by Gasteiger charge is -2.19. The van der Waals surface area contributed by atoms with Gasteiger partial charge in [0.25, 0.3) is 0 Å². The lowest BCUT2D eigenvalue weighted by Crippen LogP contribution is -2.37. The van der Waals surface area contributed by atoms with Gasteiger partial charge in [0.2, 0.25) is 5.76 Å². The average molecular weight is 251 g/mol. The minimum atomic E-state index is -1.02. The summed E-state index contributed by atoms with van der Waals surface area (Å²) < 4.78 is 10.7. The van der Waals surface area contributed by atoms with E-state index in [1.165, 1.54) is 19.1 Å². The topological polar surface area (TPSA) is 71.7 Å². The Morgan fingerprint density at radius 2 is 2.28 bits per heavy atom. The lowest BCUT2D eigenvalue weighted by molar-refractivity contribution is 0.0660. The van der Waals surface area contributed by atoms with Crippen LogP contribution in [0.25, 0.3) is 0 Å². The van der Waals surface area contributed by atoms with Gasteiger partial charge < -0.3 is 19.6 Å². The largest absolute Gasteiger partial charge is 0.475 e. The van der Waals surface area contributed by atoms with E-state index in [9.17, 15) is 4.79 Å².